The number of aromatic nitrogens is 1. The van der Waals surface area contributed by atoms with Crippen molar-refractivity contribution >= 4 is 23.3 Å². The molecule has 1 heterocycles. The van der Waals surface area contributed by atoms with Crippen molar-refractivity contribution in [3.8, 4) is 0 Å². The van der Waals surface area contributed by atoms with Gasteiger partial charge in [-0.15, -0.1) is 0 Å². The molecule has 4 heteroatoms. The Morgan fingerprint density at radius 3 is 2.87 bits per heavy atom. The highest BCUT2D eigenvalue weighted by molar-refractivity contribution is 6.30. The van der Waals surface area contributed by atoms with E-state index < -0.39 is 0 Å². The van der Waals surface area contributed by atoms with Gasteiger partial charge in [-0.1, -0.05) is 31.9 Å². The Labute approximate surface area is 94.9 Å². The minimum Gasteiger partial charge on any atom is -0.310 e. The average Bonchev–Trinajstić information content (AvgIpc) is 2.22. The summed E-state index contributed by atoms with van der Waals surface area (Å²) in [6.07, 6.45) is 3.41. The van der Waals surface area contributed by atoms with Gasteiger partial charge in [0, 0.05) is 12.1 Å². The van der Waals surface area contributed by atoms with Gasteiger partial charge < -0.3 is 5.32 Å². The molecule has 1 atom stereocenters. The lowest BCUT2D eigenvalue weighted by Gasteiger charge is -2.10. The summed E-state index contributed by atoms with van der Waals surface area (Å²) in [6, 6.07) is 3.40. The zero-order valence-electron chi connectivity index (χ0n) is 8.96. The SMILES string of the molecule is CCC[C@@H](C)C(=O)Nc1ccc(Cl)cn1. The topological polar surface area (TPSA) is 42.0 Å². The van der Waals surface area contributed by atoms with Crippen LogP contribution in [-0.2, 0) is 4.79 Å². The molecule has 0 fully saturated rings. The van der Waals surface area contributed by atoms with Crippen LogP contribution in [0.5, 0.6) is 0 Å². The van der Waals surface area contributed by atoms with Crippen LogP contribution >= 0.6 is 11.6 Å². The molecule has 1 amide bonds. The van der Waals surface area contributed by atoms with Gasteiger partial charge in [-0.2, -0.15) is 0 Å². The van der Waals surface area contributed by atoms with Crippen molar-refractivity contribution < 1.29 is 4.79 Å². The van der Waals surface area contributed by atoms with E-state index in [0.29, 0.717) is 10.8 Å². The van der Waals surface area contributed by atoms with Crippen molar-refractivity contribution in [3.05, 3.63) is 23.4 Å². The highest BCUT2D eigenvalue weighted by Gasteiger charge is 2.11. The Morgan fingerprint density at radius 1 is 1.60 bits per heavy atom. The highest BCUT2D eigenvalue weighted by Crippen LogP contribution is 2.12. The van der Waals surface area contributed by atoms with E-state index in [9.17, 15) is 4.79 Å². The predicted molar refractivity (Wildman–Crippen MR) is 61.9 cm³/mol. The van der Waals surface area contributed by atoms with Crippen LogP contribution in [0.3, 0.4) is 0 Å². The minimum atomic E-state index is 0.00618. The maximum Gasteiger partial charge on any atom is 0.228 e. The lowest BCUT2D eigenvalue weighted by molar-refractivity contribution is -0.119. The molecule has 0 radical (unpaired) electrons. The molecule has 1 N–H and O–H groups in total. The molecule has 0 saturated carbocycles. The van der Waals surface area contributed by atoms with E-state index in [1.54, 1.807) is 12.1 Å². The van der Waals surface area contributed by atoms with E-state index in [-0.39, 0.29) is 11.8 Å². The van der Waals surface area contributed by atoms with Gasteiger partial charge in [0.05, 0.1) is 5.02 Å². The van der Waals surface area contributed by atoms with Gasteiger partial charge in [0.1, 0.15) is 5.82 Å². The fraction of sp³-hybridized carbons (Fsp3) is 0.455. The second-order valence-electron chi connectivity index (χ2n) is 3.54. The number of halogens is 1. The van der Waals surface area contributed by atoms with Crippen molar-refractivity contribution in [1.29, 1.82) is 0 Å². The number of carbonyl (C=O) groups is 1. The second-order valence-corrected chi connectivity index (χ2v) is 3.98. The third-order valence-corrected chi connectivity index (χ3v) is 2.37. The molecule has 0 spiro atoms. The Kier molecular flexibility index (Phi) is 4.56. The monoisotopic (exact) mass is 226 g/mol. The quantitative estimate of drug-likeness (QED) is 0.857. The Balaban J connectivity index is 2.54. The Morgan fingerprint density at radius 2 is 2.33 bits per heavy atom. The van der Waals surface area contributed by atoms with E-state index in [1.807, 2.05) is 6.92 Å². The molecule has 1 aromatic heterocycles. The number of pyridine rings is 1. The molecule has 0 bridgehead atoms. The Bertz CT molecular complexity index is 324. The van der Waals surface area contributed by atoms with Gasteiger partial charge in [0.2, 0.25) is 5.91 Å². The van der Waals surface area contributed by atoms with Gasteiger partial charge in [-0.25, -0.2) is 4.98 Å². The largest absolute Gasteiger partial charge is 0.310 e. The first-order chi connectivity index (χ1) is 7.13. The van der Waals surface area contributed by atoms with Crippen molar-refractivity contribution in [2.75, 3.05) is 5.32 Å². The maximum atomic E-state index is 11.6. The molecule has 1 aromatic rings. The summed E-state index contributed by atoms with van der Waals surface area (Å²) >= 11 is 5.69. The number of hydrogen-bond donors (Lipinski definition) is 1. The molecule has 1 rings (SSSR count). The molecule has 0 aliphatic carbocycles. The number of hydrogen-bond acceptors (Lipinski definition) is 2. The van der Waals surface area contributed by atoms with E-state index >= 15 is 0 Å². The summed E-state index contributed by atoms with van der Waals surface area (Å²) in [5.41, 5.74) is 0. The van der Waals surface area contributed by atoms with Gasteiger partial charge >= 0.3 is 0 Å². The third-order valence-electron chi connectivity index (χ3n) is 2.15. The van der Waals surface area contributed by atoms with Gasteiger partial charge in [-0.3, -0.25) is 4.79 Å². The first-order valence-corrected chi connectivity index (χ1v) is 5.43. The lowest BCUT2D eigenvalue weighted by atomic mass is 10.1. The van der Waals surface area contributed by atoms with Gasteiger partial charge in [0.25, 0.3) is 0 Å². The first-order valence-electron chi connectivity index (χ1n) is 5.06. The van der Waals surface area contributed by atoms with Gasteiger partial charge in [-0.05, 0) is 18.6 Å². The first kappa shape index (κ1) is 12.0. The minimum absolute atomic E-state index is 0.00618. The molecule has 15 heavy (non-hydrogen) atoms. The number of amides is 1. The molecule has 0 aliphatic rings. The van der Waals surface area contributed by atoms with Gasteiger partial charge in [0.15, 0.2) is 0 Å². The summed E-state index contributed by atoms with van der Waals surface area (Å²) in [6.45, 7) is 3.97. The number of nitrogens with zero attached hydrogens (tertiary/aromatic N) is 1. The molecule has 0 saturated heterocycles. The summed E-state index contributed by atoms with van der Waals surface area (Å²) in [4.78, 5) is 15.6. The van der Waals surface area contributed by atoms with Crippen LogP contribution in [0.1, 0.15) is 26.7 Å². The maximum absolute atomic E-state index is 11.6. The summed E-state index contributed by atoms with van der Waals surface area (Å²) in [5, 5.41) is 3.31. The number of nitrogens with one attached hydrogen (secondary N) is 1. The lowest BCUT2D eigenvalue weighted by Crippen LogP contribution is -2.20. The summed E-state index contributed by atoms with van der Waals surface area (Å²) in [7, 11) is 0. The molecule has 0 unspecified atom stereocenters. The average molecular weight is 227 g/mol. The standard InChI is InChI=1S/C11H15ClN2O/c1-3-4-8(2)11(15)14-10-6-5-9(12)7-13-10/h5-8H,3-4H2,1-2H3,(H,13,14,15)/t8-/m1/s1. The molecular weight excluding hydrogens is 212 g/mol. The molecule has 0 aromatic carbocycles. The highest BCUT2D eigenvalue weighted by atomic mass is 35.5. The van der Waals surface area contributed by atoms with Crippen LogP contribution < -0.4 is 5.32 Å². The third kappa shape index (κ3) is 3.88. The zero-order valence-corrected chi connectivity index (χ0v) is 9.71. The molecule has 3 nitrogen and oxygen atoms in total. The fourth-order valence-corrected chi connectivity index (χ4v) is 1.38. The number of anilines is 1. The van der Waals surface area contributed by atoms with Crippen molar-refractivity contribution in [1.82, 2.24) is 4.98 Å². The van der Waals surface area contributed by atoms with Crippen LogP contribution in [0.25, 0.3) is 0 Å². The van der Waals surface area contributed by atoms with Crippen LogP contribution in [0.15, 0.2) is 18.3 Å². The molecule has 82 valence electrons. The van der Waals surface area contributed by atoms with E-state index in [1.165, 1.54) is 6.20 Å². The van der Waals surface area contributed by atoms with E-state index in [0.717, 1.165) is 12.8 Å². The van der Waals surface area contributed by atoms with Crippen molar-refractivity contribution in [3.63, 3.8) is 0 Å². The Hall–Kier alpha value is -1.09. The molecule has 0 aliphatic heterocycles. The number of rotatable bonds is 4. The van der Waals surface area contributed by atoms with E-state index in [4.69, 9.17) is 11.6 Å². The van der Waals surface area contributed by atoms with Crippen molar-refractivity contribution in [2.24, 2.45) is 5.92 Å². The predicted octanol–water partition coefficient (Wildman–Crippen LogP) is 3.11. The fourth-order valence-electron chi connectivity index (χ4n) is 1.26. The van der Waals surface area contributed by atoms with Crippen LogP contribution in [-0.4, -0.2) is 10.9 Å². The van der Waals surface area contributed by atoms with Crippen LogP contribution in [0.2, 0.25) is 5.02 Å². The second kappa shape index (κ2) is 5.71. The zero-order chi connectivity index (χ0) is 11.3. The van der Waals surface area contributed by atoms with E-state index in [2.05, 4.69) is 17.2 Å². The summed E-state index contributed by atoms with van der Waals surface area (Å²) < 4.78 is 0. The van der Waals surface area contributed by atoms with Crippen LogP contribution in [0.4, 0.5) is 5.82 Å². The summed E-state index contributed by atoms with van der Waals surface area (Å²) in [5.74, 6) is 0.575. The van der Waals surface area contributed by atoms with Crippen LogP contribution in [0, 0.1) is 5.92 Å². The number of carbonyl (C=O) groups excluding carboxylic acids is 1. The smallest absolute Gasteiger partial charge is 0.228 e. The molecular formula is C11H15ClN2O. The van der Waals surface area contributed by atoms with Crippen molar-refractivity contribution in [2.45, 2.75) is 26.7 Å². The normalized spacial score (nSPS) is 12.2.